The summed E-state index contributed by atoms with van der Waals surface area (Å²) in [6, 6.07) is 65.3. The molecule has 0 spiro atoms. The number of hydrogen-bond donors (Lipinski definition) is 1. The van der Waals surface area contributed by atoms with Crippen molar-refractivity contribution in [1.82, 2.24) is 0 Å². The Balaban J connectivity index is 1.18. The highest BCUT2D eigenvalue weighted by Crippen LogP contribution is 2.57. The van der Waals surface area contributed by atoms with Crippen LogP contribution in [0.25, 0.3) is 28.3 Å². The number of amidine groups is 2. The summed E-state index contributed by atoms with van der Waals surface area (Å²) in [6.45, 7) is 2.48. The summed E-state index contributed by atoms with van der Waals surface area (Å²) in [5, 5.41) is 9.44. The summed E-state index contributed by atoms with van der Waals surface area (Å²) in [6.07, 6.45) is 10.3. The molecule has 1 aliphatic carbocycles. The number of hydrogen-bond acceptors (Lipinski definition) is 2. The Morgan fingerprint density at radius 2 is 1.21 bits per heavy atom. The average Bonchev–Trinajstić information content (AvgIpc) is 3.58. The van der Waals surface area contributed by atoms with Crippen LogP contribution in [0.15, 0.2) is 222 Å². The molecule has 0 aliphatic heterocycles. The number of nitrogens with zero attached hydrogens (tertiary/aromatic N) is 3. The zero-order valence-electron chi connectivity index (χ0n) is 32.3. The van der Waals surface area contributed by atoms with Crippen molar-refractivity contribution in [2.24, 2.45) is 15.7 Å². The molecule has 7 aromatic rings. The van der Waals surface area contributed by atoms with Crippen molar-refractivity contribution in [1.29, 1.82) is 5.26 Å². The van der Waals surface area contributed by atoms with Crippen molar-refractivity contribution in [3.05, 3.63) is 256 Å². The van der Waals surface area contributed by atoms with E-state index in [-0.39, 0.29) is 0 Å². The van der Waals surface area contributed by atoms with Gasteiger partial charge in [-0.3, -0.25) is 4.99 Å². The standard InChI is InChI=1S/C54H42N4/c1-2-42(53(57-38-41-18-7-3-8-19-41)58-52(56)44-21-9-4-10-22-44)20-16-15-17-39-29-33-48-49-34-32-45(43-30-27-40(37-55)28-31-43)36-51(49)54(50(48)35-39,46-23-11-5-12-24-46)47-25-13-6-14-26-47/h2-36H,38H2,1H3,(H2,56,57,58)/b17-15+,20-16-,42-2+. The van der Waals surface area contributed by atoms with Crippen molar-refractivity contribution in [2.75, 3.05) is 0 Å². The molecule has 7 aromatic carbocycles. The van der Waals surface area contributed by atoms with Crippen molar-refractivity contribution in [3.8, 4) is 28.3 Å². The van der Waals surface area contributed by atoms with Crippen molar-refractivity contribution >= 4 is 17.7 Å². The van der Waals surface area contributed by atoms with Gasteiger partial charge in [0.1, 0.15) is 5.84 Å². The fourth-order valence-corrected chi connectivity index (χ4v) is 7.88. The van der Waals surface area contributed by atoms with E-state index in [0.717, 1.165) is 33.4 Å². The second-order valence-corrected chi connectivity index (χ2v) is 14.2. The summed E-state index contributed by atoms with van der Waals surface area (Å²) in [5.41, 5.74) is 20.0. The van der Waals surface area contributed by atoms with Crippen LogP contribution in [-0.2, 0) is 12.0 Å². The maximum Gasteiger partial charge on any atom is 0.156 e. The molecule has 0 heterocycles. The molecule has 0 unspecified atom stereocenters. The summed E-state index contributed by atoms with van der Waals surface area (Å²) in [5.74, 6) is 0.989. The molecule has 0 bridgehead atoms. The molecule has 4 heteroatoms. The lowest BCUT2D eigenvalue weighted by Crippen LogP contribution is -2.28. The maximum absolute atomic E-state index is 9.44. The fraction of sp³-hybridized carbons (Fsp3) is 0.0556. The maximum atomic E-state index is 9.44. The van der Waals surface area contributed by atoms with Gasteiger partial charge in [-0.05, 0) is 86.8 Å². The number of nitriles is 1. The molecule has 8 rings (SSSR count). The van der Waals surface area contributed by atoms with E-state index in [0.29, 0.717) is 23.8 Å². The lowest BCUT2D eigenvalue weighted by Gasteiger charge is -2.34. The molecule has 0 amide bonds. The molecule has 0 fully saturated rings. The first kappa shape index (κ1) is 37.3. The van der Waals surface area contributed by atoms with Crippen LogP contribution in [0.5, 0.6) is 0 Å². The highest BCUT2D eigenvalue weighted by Gasteiger charge is 2.46. The Hall–Kier alpha value is -7.61. The Morgan fingerprint density at radius 1 is 0.638 bits per heavy atom. The first-order chi connectivity index (χ1) is 28.6. The number of allylic oxidation sites excluding steroid dienone is 3. The Kier molecular flexibility index (Phi) is 11.0. The van der Waals surface area contributed by atoms with E-state index in [1.807, 2.05) is 97.9 Å². The van der Waals surface area contributed by atoms with Crippen LogP contribution in [0.2, 0.25) is 0 Å². The van der Waals surface area contributed by atoms with Crippen LogP contribution in [-0.4, -0.2) is 11.7 Å². The molecule has 0 saturated carbocycles. The van der Waals surface area contributed by atoms with Gasteiger partial charge in [0, 0.05) is 11.1 Å². The number of rotatable bonds is 10. The van der Waals surface area contributed by atoms with E-state index < -0.39 is 5.41 Å². The minimum absolute atomic E-state index is 0.416. The number of benzene rings is 7. The Morgan fingerprint density at radius 3 is 1.83 bits per heavy atom. The second-order valence-electron chi connectivity index (χ2n) is 14.2. The largest absolute Gasteiger partial charge is 0.383 e. The Labute approximate surface area is 341 Å². The van der Waals surface area contributed by atoms with Gasteiger partial charge in [0.05, 0.1) is 23.6 Å². The van der Waals surface area contributed by atoms with Crippen LogP contribution in [0.3, 0.4) is 0 Å². The van der Waals surface area contributed by atoms with Gasteiger partial charge in [-0.15, -0.1) is 0 Å². The van der Waals surface area contributed by atoms with E-state index >= 15 is 0 Å². The fourth-order valence-electron chi connectivity index (χ4n) is 7.88. The number of fused-ring (bicyclic) bond motifs is 3. The zero-order chi connectivity index (χ0) is 39.7. The molecule has 0 atom stereocenters. The normalized spacial score (nSPS) is 13.7. The molecule has 0 radical (unpaired) electrons. The van der Waals surface area contributed by atoms with Gasteiger partial charge in [0.25, 0.3) is 0 Å². The molecule has 0 saturated heterocycles. The predicted molar refractivity (Wildman–Crippen MR) is 241 cm³/mol. The van der Waals surface area contributed by atoms with Gasteiger partial charge in [-0.1, -0.05) is 188 Å². The minimum atomic E-state index is -0.561. The van der Waals surface area contributed by atoms with E-state index in [4.69, 9.17) is 15.7 Å². The first-order valence-electron chi connectivity index (χ1n) is 19.5. The summed E-state index contributed by atoms with van der Waals surface area (Å²) < 4.78 is 0. The van der Waals surface area contributed by atoms with Crippen LogP contribution >= 0.6 is 0 Å². The molecular formula is C54H42N4. The third-order valence-electron chi connectivity index (χ3n) is 10.7. The van der Waals surface area contributed by atoms with Gasteiger partial charge in [0.15, 0.2) is 5.84 Å². The van der Waals surface area contributed by atoms with E-state index in [1.54, 1.807) is 0 Å². The molecule has 1 aliphatic rings. The van der Waals surface area contributed by atoms with Gasteiger partial charge in [-0.25, -0.2) is 4.99 Å². The van der Waals surface area contributed by atoms with Crippen molar-refractivity contribution in [2.45, 2.75) is 18.9 Å². The molecule has 4 nitrogen and oxygen atoms in total. The molecule has 2 N–H and O–H groups in total. The number of nitrogens with two attached hydrogens (primary N) is 1. The van der Waals surface area contributed by atoms with Gasteiger partial charge in [0.2, 0.25) is 0 Å². The average molecular weight is 747 g/mol. The quantitative estimate of drug-likeness (QED) is 0.0859. The summed E-state index contributed by atoms with van der Waals surface area (Å²) in [7, 11) is 0. The van der Waals surface area contributed by atoms with Gasteiger partial charge < -0.3 is 5.73 Å². The van der Waals surface area contributed by atoms with Crippen LogP contribution in [0.1, 0.15) is 51.4 Å². The highest BCUT2D eigenvalue weighted by atomic mass is 15.0. The monoisotopic (exact) mass is 746 g/mol. The zero-order valence-corrected chi connectivity index (χ0v) is 32.3. The van der Waals surface area contributed by atoms with Gasteiger partial charge >= 0.3 is 0 Å². The lowest BCUT2D eigenvalue weighted by atomic mass is 9.67. The predicted octanol–water partition coefficient (Wildman–Crippen LogP) is 12.1. The topological polar surface area (TPSA) is 74.5 Å². The third-order valence-corrected chi connectivity index (χ3v) is 10.7. The molecule has 0 aromatic heterocycles. The van der Waals surface area contributed by atoms with Gasteiger partial charge in [-0.2, -0.15) is 5.26 Å². The minimum Gasteiger partial charge on any atom is -0.383 e. The van der Waals surface area contributed by atoms with Crippen molar-refractivity contribution in [3.63, 3.8) is 0 Å². The van der Waals surface area contributed by atoms with Crippen LogP contribution in [0, 0.1) is 11.3 Å². The van der Waals surface area contributed by atoms with Crippen molar-refractivity contribution < 1.29 is 0 Å². The summed E-state index contributed by atoms with van der Waals surface area (Å²) in [4.78, 5) is 9.75. The Bertz CT molecular complexity index is 2700. The molecular weight excluding hydrogens is 705 g/mol. The third kappa shape index (κ3) is 7.50. The summed E-state index contributed by atoms with van der Waals surface area (Å²) >= 11 is 0. The molecule has 278 valence electrons. The van der Waals surface area contributed by atoms with Crippen LogP contribution in [0.4, 0.5) is 0 Å². The number of aliphatic imine (C=N–C) groups is 2. The van der Waals surface area contributed by atoms with E-state index in [9.17, 15) is 5.26 Å². The first-order valence-corrected chi connectivity index (χ1v) is 19.5. The second kappa shape index (κ2) is 17.0. The van der Waals surface area contributed by atoms with E-state index in [1.165, 1.54) is 33.4 Å². The van der Waals surface area contributed by atoms with E-state index in [2.05, 4.69) is 127 Å². The highest BCUT2D eigenvalue weighted by molar-refractivity contribution is 6.11. The molecule has 58 heavy (non-hydrogen) atoms. The smallest absolute Gasteiger partial charge is 0.156 e. The van der Waals surface area contributed by atoms with Crippen LogP contribution < -0.4 is 5.73 Å². The SMILES string of the molecule is C\C=C(/C=C\C=C\c1ccc2c(c1)C(c1ccccc1)(c1ccccc1)c1cc(-c3ccc(C#N)cc3)ccc1-2)C(=NCc1ccccc1)N=C(N)c1ccccc1. The lowest BCUT2D eigenvalue weighted by molar-refractivity contribution is 0.768.